The number of nitrogens with zero attached hydrogens (tertiary/aromatic N) is 6. The molecule has 2 aliphatic rings. The Morgan fingerprint density at radius 1 is 1.04 bits per heavy atom. The molecule has 1 amide bonds. The van der Waals surface area contributed by atoms with Gasteiger partial charge in [-0.15, -0.1) is 5.10 Å². The predicted molar refractivity (Wildman–Crippen MR) is 169 cm³/mol. The highest BCUT2D eigenvalue weighted by Crippen LogP contribution is 2.48. The molecule has 0 radical (unpaired) electrons. The lowest BCUT2D eigenvalue weighted by Crippen LogP contribution is -2.23. The van der Waals surface area contributed by atoms with E-state index in [1.54, 1.807) is 42.5 Å². The van der Waals surface area contributed by atoms with Crippen molar-refractivity contribution in [1.82, 2.24) is 29.6 Å². The number of rotatable bonds is 7. The Kier molecular flexibility index (Phi) is 6.87. The van der Waals surface area contributed by atoms with E-state index >= 15 is 0 Å². The van der Waals surface area contributed by atoms with Crippen LogP contribution < -0.4 is 11.5 Å². The number of aryl methyl sites for hydroxylation is 2. The largest absolute Gasteiger partial charge is 0.434 e. The Bertz CT molecular complexity index is 2400. The van der Waals surface area contributed by atoms with E-state index in [0.29, 0.717) is 69.8 Å². The zero-order valence-corrected chi connectivity index (χ0v) is 25.6. The molecule has 2 atom stereocenters. The van der Waals surface area contributed by atoms with Gasteiger partial charge in [-0.05, 0) is 80.1 Å². The number of pyridine rings is 2. The standard InChI is InChI=1S/C35H26FN7O5/c1-18(23-11-7-20(16-37)17-38-23)43-25-13-8-21(15-27(25)47-35(43)46)28-29(32-40-41-34(45)48-32)24(12-6-19-4-9-22(36)10-5-19)39-31-26-3-2-14-42(26)33(44)30(28)31/h4-5,7-11,13,15,17-18,26H,2-3,6,12,14H2,1H3,(H,41,45)/t18-,26-/m0/s1. The average molecular weight is 644 g/mol. The highest BCUT2D eigenvalue weighted by Gasteiger charge is 2.44. The van der Waals surface area contributed by atoms with Gasteiger partial charge in [-0.25, -0.2) is 19.1 Å². The number of halogens is 1. The van der Waals surface area contributed by atoms with Gasteiger partial charge in [0.15, 0.2) is 5.58 Å². The van der Waals surface area contributed by atoms with Gasteiger partial charge in [0, 0.05) is 18.3 Å². The minimum Gasteiger partial charge on any atom is -0.408 e. The lowest BCUT2D eigenvalue weighted by Gasteiger charge is -2.17. The number of carbonyl (C=O) groups excluding carboxylic acids is 1. The van der Waals surface area contributed by atoms with Crippen LogP contribution in [0.4, 0.5) is 4.39 Å². The Hall–Kier alpha value is -6.16. The third-order valence-electron chi connectivity index (χ3n) is 9.19. The van der Waals surface area contributed by atoms with Crippen LogP contribution in [0, 0.1) is 17.1 Å². The molecule has 13 heteroatoms. The second-order valence-corrected chi connectivity index (χ2v) is 12.0. The van der Waals surface area contributed by atoms with Gasteiger partial charge in [0.1, 0.15) is 11.9 Å². The molecule has 0 bridgehead atoms. The first-order valence-corrected chi connectivity index (χ1v) is 15.5. The van der Waals surface area contributed by atoms with Gasteiger partial charge in [0.25, 0.3) is 11.8 Å². The van der Waals surface area contributed by atoms with E-state index in [4.69, 9.17) is 19.1 Å². The number of nitriles is 1. The van der Waals surface area contributed by atoms with Crippen molar-refractivity contribution in [1.29, 1.82) is 5.26 Å². The Labute approximate surface area is 271 Å². The monoisotopic (exact) mass is 643 g/mol. The van der Waals surface area contributed by atoms with E-state index in [1.165, 1.54) is 22.9 Å². The minimum atomic E-state index is -0.767. The Morgan fingerprint density at radius 2 is 1.88 bits per heavy atom. The fourth-order valence-electron chi connectivity index (χ4n) is 6.91. The maximum atomic E-state index is 14.0. The van der Waals surface area contributed by atoms with Gasteiger partial charge >= 0.3 is 11.5 Å². The van der Waals surface area contributed by atoms with E-state index in [0.717, 1.165) is 18.4 Å². The molecule has 12 nitrogen and oxygen atoms in total. The molecule has 6 aromatic rings. The highest BCUT2D eigenvalue weighted by atomic mass is 19.1. The lowest BCUT2D eigenvalue weighted by molar-refractivity contribution is 0.0776. The fourth-order valence-corrected chi connectivity index (χ4v) is 6.91. The number of amides is 1. The molecular formula is C35H26FN7O5. The molecule has 0 saturated carbocycles. The number of benzene rings is 2. The van der Waals surface area contributed by atoms with E-state index in [2.05, 4.69) is 15.2 Å². The smallest absolute Gasteiger partial charge is 0.408 e. The Balaban J connectivity index is 1.32. The zero-order chi connectivity index (χ0) is 33.1. The SMILES string of the molecule is C[C@@H](c1ccc(C#N)cn1)n1c(=O)oc2cc(-c3c4c(nc(CCc5ccc(F)cc5)c3-c3n[nH]c(=O)o3)[C@@H]3CCCN3C4=O)ccc21. The van der Waals surface area contributed by atoms with Crippen LogP contribution in [-0.4, -0.2) is 42.1 Å². The van der Waals surface area contributed by atoms with Crippen LogP contribution in [0.1, 0.15) is 70.4 Å². The first kappa shape index (κ1) is 29.3. The first-order valence-electron chi connectivity index (χ1n) is 15.5. The molecule has 0 unspecified atom stereocenters. The summed E-state index contributed by atoms with van der Waals surface area (Å²) in [4.78, 5) is 50.7. The third-order valence-corrected chi connectivity index (χ3v) is 9.19. The summed E-state index contributed by atoms with van der Waals surface area (Å²) in [7, 11) is 0. The summed E-state index contributed by atoms with van der Waals surface area (Å²) < 4.78 is 26.4. The molecule has 6 heterocycles. The van der Waals surface area contributed by atoms with Crippen LogP contribution in [0.5, 0.6) is 0 Å². The van der Waals surface area contributed by atoms with E-state index in [1.807, 2.05) is 17.9 Å². The van der Waals surface area contributed by atoms with Crippen LogP contribution in [0.25, 0.3) is 33.7 Å². The minimum absolute atomic E-state index is 0.0288. The molecule has 48 heavy (non-hydrogen) atoms. The quantitative estimate of drug-likeness (QED) is 0.250. The van der Waals surface area contributed by atoms with Crippen LogP contribution in [-0.2, 0) is 12.8 Å². The van der Waals surface area contributed by atoms with Crippen molar-refractivity contribution >= 4 is 17.0 Å². The third kappa shape index (κ3) is 4.72. The molecule has 4 aromatic heterocycles. The number of hydrogen-bond acceptors (Lipinski definition) is 9. The lowest BCUT2D eigenvalue weighted by atomic mass is 9.89. The van der Waals surface area contributed by atoms with Gasteiger partial charge in [-0.3, -0.25) is 19.3 Å². The number of aromatic nitrogens is 5. The molecule has 2 aliphatic heterocycles. The van der Waals surface area contributed by atoms with Crippen molar-refractivity contribution in [2.45, 2.75) is 44.7 Å². The zero-order valence-electron chi connectivity index (χ0n) is 25.6. The maximum absolute atomic E-state index is 14.0. The molecule has 238 valence electrons. The molecule has 2 aromatic carbocycles. The van der Waals surface area contributed by atoms with Crippen LogP contribution in [0.15, 0.2) is 79.2 Å². The van der Waals surface area contributed by atoms with Crippen LogP contribution in [0.3, 0.4) is 0 Å². The molecule has 0 aliphatic carbocycles. The summed E-state index contributed by atoms with van der Waals surface area (Å²) >= 11 is 0. The van der Waals surface area contributed by atoms with Gasteiger partial charge < -0.3 is 13.7 Å². The van der Waals surface area contributed by atoms with E-state index in [9.17, 15) is 18.8 Å². The molecule has 8 rings (SSSR count). The van der Waals surface area contributed by atoms with Crippen LogP contribution in [0.2, 0.25) is 0 Å². The molecular weight excluding hydrogens is 617 g/mol. The number of oxazole rings is 1. The molecule has 1 fully saturated rings. The van der Waals surface area contributed by atoms with Gasteiger partial charge in [0.05, 0.1) is 51.4 Å². The summed E-state index contributed by atoms with van der Waals surface area (Å²) in [6, 6.07) is 16.1. The van der Waals surface area contributed by atoms with Crippen LogP contribution >= 0.6 is 0 Å². The number of nitrogens with one attached hydrogen (secondary N) is 1. The number of hydrogen-bond donors (Lipinski definition) is 1. The van der Waals surface area contributed by atoms with E-state index in [-0.39, 0.29) is 29.2 Å². The topological polar surface area (TPSA) is 164 Å². The summed E-state index contributed by atoms with van der Waals surface area (Å²) in [5.41, 5.74) is 5.62. The number of H-pyrrole nitrogens is 1. The van der Waals surface area contributed by atoms with Crippen molar-refractivity contribution in [3.8, 4) is 28.7 Å². The second-order valence-electron chi connectivity index (χ2n) is 12.0. The second kappa shape index (κ2) is 11.3. The maximum Gasteiger partial charge on any atom is 0.434 e. The van der Waals surface area contributed by atoms with Crippen molar-refractivity contribution in [3.63, 3.8) is 0 Å². The fraction of sp³-hybridized carbons (Fsp3) is 0.229. The highest BCUT2D eigenvalue weighted by molar-refractivity contribution is 6.08. The predicted octanol–water partition coefficient (Wildman–Crippen LogP) is 5.09. The van der Waals surface area contributed by atoms with Crippen molar-refractivity contribution in [2.75, 3.05) is 6.54 Å². The number of carbonyl (C=O) groups is 1. The summed E-state index contributed by atoms with van der Waals surface area (Å²) in [5.74, 6) is -1.92. The average Bonchev–Trinajstić information content (AvgIpc) is 3.88. The van der Waals surface area contributed by atoms with E-state index < -0.39 is 17.6 Å². The summed E-state index contributed by atoms with van der Waals surface area (Å²) in [6.45, 7) is 2.40. The number of aromatic amines is 1. The van der Waals surface area contributed by atoms with Gasteiger partial charge in [-0.2, -0.15) is 5.26 Å². The van der Waals surface area contributed by atoms with Crippen molar-refractivity contribution < 1.29 is 18.0 Å². The Morgan fingerprint density at radius 3 is 2.60 bits per heavy atom. The molecule has 1 saturated heterocycles. The summed E-state index contributed by atoms with van der Waals surface area (Å²) in [5, 5.41) is 15.6. The normalized spacial score (nSPS) is 15.9. The summed E-state index contributed by atoms with van der Waals surface area (Å²) in [6.07, 6.45) is 3.93. The molecule has 0 spiro atoms. The van der Waals surface area contributed by atoms with Gasteiger partial charge in [0.2, 0.25) is 0 Å². The molecule has 1 N–H and O–H groups in total. The van der Waals surface area contributed by atoms with Gasteiger partial charge in [-0.1, -0.05) is 18.2 Å². The first-order chi connectivity index (χ1) is 23.3. The number of fused-ring (bicyclic) bond motifs is 4. The van der Waals surface area contributed by atoms with Crippen molar-refractivity contribution in [3.05, 3.63) is 121 Å². The van der Waals surface area contributed by atoms with Crippen molar-refractivity contribution in [2.24, 2.45) is 0 Å².